The summed E-state index contributed by atoms with van der Waals surface area (Å²) in [6.45, 7) is 0.581. The second-order valence-electron chi connectivity index (χ2n) is 5.41. The second-order valence-corrected chi connectivity index (χ2v) is 5.41. The maximum atomic E-state index is 11.8. The zero-order valence-corrected chi connectivity index (χ0v) is 12.2. The van der Waals surface area contributed by atoms with Gasteiger partial charge in [0.15, 0.2) is 0 Å². The number of hydrogen-bond donors (Lipinski definition) is 3. The molecule has 0 spiro atoms. The fourth-order valence-electron chi connectivity index (χ4n) is 2.55. The van der Waals surface area contributed by atoms with E-state index in [0.717, 1.165) is 12.8 Å². The molecule has 2 amide bonds. The molecule has 1 saturated carbocycles. The molecule has 0 aromatic carbocycles. The Morgan fingerprint density at radius 2 is 2.05 bits per heavy atom. The van der Waals surface area contributed by atoms with Crippen LogP contribution in [0.3, 0.4) is 0 Å². The van der Waals surface area contributed by atoms with Gasteiger partial charge in [-0.3, -0.25) is 9.59 Å². The molecule has 0 bridgehead atoms. The highest BCUT2D eigenvalue weighted by atomic mass is 16.3. The standard InChI is InChI=1S/C15H23N3O3/c16-9-13-8-11(10-21-13)15(20)17-7-6-14(19)18-12-4-2-1-3-5-12/h8,10,12H,1-7,9,16H2,(H,17,20)(H,18,19). The minimum atomic E-state index is -0.246. The van der Waals surface area contributed by atoms with Gasteiger partial charge in [0.05, 0.1) is 12.1 Å². The summed E-state index contributed by atoms with van der Waals surface area (Å²) >= 11 is 0. The first kappa shape index (κ1) is 15.6. The molecule has 6 heteroatoms. The van der Waals surface area contributed by atoms with Crippen molar-refractivity contribution in [2.24, 2.45) is 5.73 Å². The molecule has 1 aromatic rings. The number of amides is 2. The predicted octanol–water partition coefficient (Wildman–Crippen LogP) is 1.31. The van der Waals surface area contributed by atoms with Crippen molar-refractivity contribution in [1.82, 2.24) is 10.6 Å². The summed E-state index contributed by atoms with van der Waals surface area (Å²) in [6.07, 6.45) is 7.43. The quantitative estimate of drug-likeness (QED) is 0.736. The zero-order valence-electron chi connectivity index (χ0n) is 12.2. The average Bonchev–Trinajstić information content (AvgIpc) is 2.97. The minimum Gasteiger partial charge on any atom is -0.467 e. The van der Waals surface area contributed by atoms with Crippen LogP contribution in [0.4, 0.5) is 0 Å². The van der Waals surface area contributed by atoms with E-state index in [4.69, 9.17) is 10.2 Å². The fourth-order valence-corrected chi connectivity index (χ4v) is 2.55. The molecular formula is C15H23N3O3. The molecule has 2 rings (SSSR count). The Kier molecular flexibility index (Phi) is 5.80. The van der Waals surface area contributed by atoms with Crippen molar-refractivity contribution in [2.75, 3.05) is 6.54 Å². The van der Waals surface area contributed by atoms with Crippen molar-refractivity contribution in [3.05, 3.63) is 23.7 Å². The first-order valence-corrected chi connectivity index (χ1v) is 7.54. The van der Waals surface area contributed by atoms with E-state index in [2.05, 4.69) is 10.6 Å². The van der Waals surface area contributed by atoms with Crippen molar-refractivity contribution in [3.63, 3.8) is 0 Å². The Bertz CT molecular complexity index is 478. The van der Waals surface area contributed by atoms with Gasteiger partial charge < -0.3 is 20.8 Å². The smallest absolute Gasteiger partial charge is 0.254 e. The fraction of sp³-hybridized carbons (Fsp3) is 0.600. The highest BCUT2D eigenvalue weighted by molar-refractivity contribution is 5.94. The van der Waals surface area contributed by atoms with E-state index in [1.54, 1.807) is 6.07 Å². The highest BCUT2D eigenvalue weighted by Crippen LogP contribution is 2.17. The van der Waals surface area contributed by atoms with E-state index in [1.807, 2.05) is 0 Å². The molecule has 0 atom stereocenters. The van der Waals surface area contributed by atoms with E-state index in [-0.39, 0.29) is 18.4 Å². The normalized spacial score (nSPS) is 15.7. The van der Waals surface area contributed by atoms with Crippen LogP contribution < -0.4 is 16.4 Å². The molecule has 0 radical (unpaired) electrons. The molecule has 1 heterocycles. The predicted molar refractivity (Wildman–Crippen MR) is 78.6 cm³/mol. The summed E-state index contributed by atoms with van der Waals surface area (Å²) in [6, 6.07) is 1.92. The van der Waals surface area contributed by atoms with Crippen molar-refractivity contribution in [1.29, 1.82) is 0 Å². The number of hydrogen-bond acceptors (Lipinski definition) is 4. The van der Waals surface area contributed by atoms with Gasteiger partial charge in [-0.25, -0.2) is 0 Å². The highest BCUT2D eigenvalue weighted by Gasteiger charge is 2.15. The van der Waals surface area contributed by atoms with Gasteiger partial charge in [0, 0.05) is 19.0 Å². The van der Waals surface area contributed by atoms with Crippen molar-refractivity contribution in [3.8, 4) is 0 Å². The Hall–Kier alpha value is -1.82. The number of carbonyl (C=O) groups excluding carboxylic acids is 2. The van der Waals surface area contributed by atoms with Gasteiger partial charge in [-0.2, -0.15) is 0 Å². The van der Waals surface area contributed by atoms with Crippen LogP contribution >= 0.6 is 0 Å². The monoisotopic (exact) mass is 293 g/mol. The Balaban J connectivity index is 1.66. The van der Waals surface area contributed by atoms with Gasteiger partial charge in [0.25, 0.3) is 5.91 Å². The molecule has 1 aliphatic carbocycles. The molecule has 1 aliphatic rings. The molecule has 0 saturated heterocycles. The number of rotatable bonds is 6. The van der Waals surface area contributed by atoms with Crippen LogP contribution in [0, 0.1) is 0 Å². The molecule has 21 heavy (non-hydrogen) atoms. The van der Waals surface area contributed by atoms with Crippen LogP contribution in [0.2, 0.25) is 0 Å². The summed E-state index contributed by atoms with van der Waals surface area (Å²) in [5, 5.41) is 5.72. The summed E-state index contributed by atoms with van der Waals surface area (Å²) < 4.78 is 5.10. The Labute approximate surface area is 124 Å². The molecule has 0 unspecified atom stereocenters. The summed E-state index contributed by atoms with van der Waals surface area (Å²) in [7, 11) is 0. The molecule has 1 fully saturated rings. The summed E-state index contributed by atoms with van der Waals surface area (Å²) in [4.78, 5) is 23.6. The number of nitrogens with one attached hydrogen (secondary N) is 2. The van der Waals surface area contributed by atoms with Gasteiger partial charge >= 0.3 is 0 Å². The molecule has 4 N–H and O–H groups in total. The van der Waals surface area contributed by atoms with Crippen LogP contribution in [0.1, 0.15) is 54.6 Å². The lowest BCUT2D eigenvalue weighted by Gasteiger charge is -2.22. The molecular weight excluding hydrogens is 270 g/mol. The molecule has 116 valence electrons. The minimum absolute atomic E-state index is 0.00274. The van der Waals surface area contributed by atoms with Gasteiger partial charge in [0.1, 0.15) is 12.0 Å². The first-order chi connectivity index (χ1) is 10.2. The van der Waals surface area contributed by atoms with Crippen LogP contribution in [0.5, 0.6) is 0 Å². The lowest BCUT2D eigenvalue weighted by atomic mass is 9.95. The van der Waals surface area contributed by atoms with E-state index in [9.17, 15) is 9.59 Å². The first-order valence-electron chi connectivity index (χ1n) is 7.54. The van der Waals surface area contributed by atoms with E-state index < -0.39 is 0 Å². The van der Waals surface area contributed by atoms with Gasteiger partial charge in [0.2, 0.25) is 5.91 Å². The van der Waals surface area contributed by atoms with Crippen LogP contribution in [-0.2, 0) is 11.3 Å². The maximum Gasteiger partial charge on any atom is 0.254 e. The number of carbonyl (C=O) groups is 2. The molecule has 6 nitrogen and oxygen atoms in total. The third-order valence-corrected chi connectivity index (χ3v) is 3.73. The van der Waals surface area contributed by atoms with E-state index >= 15 is 0 Å². The van der Waals surface area contributed by atoms with Crippen molar-refractivity contribution in [2.45, 2.75) is 51.1 Å². The topological polar surface area (TPSA) is 97.4 Å². The third-order valence-electron chi connectivity index (χ3n) is 3.73. The SMILES string of the molecule is NCc1cc(C(=O)NCCC(=O)NC2CCCCC2)co1. The van der Waals surface area contributed by atoms with Gasteiger partial charge in [-0.15, -0.1) is 0 Å². The number of furan rings is 1. The zero-order chi connectivity index (χ0) is 15.1. The summed E-state index contributed by atoms with van der Waals surface area (Å²) in [5.74, 6) is 0.316. The van der Waals surface area contributed by atoms with Crippen LogP contribution in [-0.4, -0.2) is 24.4 Å². The van der Waals surface area contributed by atoms with E-state index in [0.29, 0.717) is 30.3 Å². The second kappa shape index (κ2) is 7.83. The summed E-state index contributed by atoms with van der Waals surface area (Å²) in [5.41, 5.74) is 5.85. The largest absolute Gasteiger partial charge is 0.467 e. The lowest BCUT2D eigenvalue weighted by Crippen LogP contribution is -2.38. The van der Waals surface area contributed by atoms with Crippen LogP contribution in [0.25, 0.3) is 0 Å². The van der Waals surface area contributed by atoms with Gasteiger partial charge in [-0.1, -0.05) is 19.3 Å². The molecule has 1 aromatic heterocycles. The lowest BCUT2D eigenvalue weighted by molar-refractivity contribution is -0.121. The van der Waals surface area contributed by atoms with Crippen molar-refractivity contribution >= 4 is 11.8 Å². The van der Waals surface area contributed by atoms with E-state index in [1.165, 1.54) is 25.5 Å². The van der Waals surface area contributed by atoms with Gasteiger partial charge in [-0.05, 0) is 18.9 Å². The van der Waals surface area contributed by atoms with Crippen molar-refractivity contribution < 1.29 is 14.0 Å². The Morgan fingerprint density at radius 1 is 1.29 bits per heavy atom. The third kappa shape index (κ3) is 4.90. The van der Waals surface area contributed by atoms with Crippen LogP contribution in [0.15, 0.2) is 16.7 Å². The number of nitrogens with two attached hydrogens (primary N) is 1. The molecule has 0 aliphatic heterocycles. The average molecular weight is 293 g/mol. The maximum absolute atomic E-state index is 11.8. The Morgan fingerprint density at radius 3 is 2.71 bits per heavy atom.